The molecule has 0 aromatic rings. The maximum absolute atomic E-state index is 12.4. The highest BCUT2D eigenvalue weighted by atomic mass is 31.2. The molecule has 4 nitrogen and oxygen atoms in total. The van der Waals surface area contributed by atoms with Crippen molar-refractivity contribution in [3.05, 3.63) is 12.2 Å². The summed E-state index contributed by atoms with van der Waals surface area (Å²) in [6, 6.07) is 0. The minimum Gasteiger partial charge on any atom is -0.320 e. The van der Waals surface area contributed by atoms with E-state index in [1.165, 1.54) is 57.8 Å². The Hall–Kier alpha value is -0.150. The number of unbranched alkanes of at least 4 members (excludes halogenated alkanes) is 11. The molecule has 0 saturated carbocycles. The summed E-state index contributed by atoms with van der Waals surface area (Å²) in [4.78, 5) is 10.2. The van der Waals surface area contributed by atoms with Crippen LogP contribution in [0.25, 0.3) is 0 Å². The maximum Gasteiger partial charge on any atom is 0.385 e. The fourth-order valence-corrected chi connectivity index (χ4v) is 5.57. The summed E-state index contributed by atoms with van der Waals surface area (Å²) < 4.78 is 18.3. The van der Waals surface area contributed by atoms with Crippen molar-refractivity contribution in [2.75, 3.05) is 27.7 Å². The molecule has 0 aromatic carbocycles. The first-order valence-electron chi connectivity index (χ1n) is 11.7. The van der Waals surface area contributed by atoms with Gasteiger partial charge in [-0.1, -0.05) is 77.4 Å². The van der Waals surface area contributed by atoms with Crippen molar-refractivity contribution in [3.8, 4) is 0 Å². The van der Waals surface area contributed by atoms with Crippen molar-refractivity contribution in [3.63, 3.8) is 0 Å². The Bertz CT molecular complexity index is 432. The van der Waals surface area contributed by atoms with Gasteiger partial charge in [-0.2, -0.15) is 0 Å². The van der Waals surface area contributed by atoms with E-state index in [4.69, 9.17) is 4.52 Å². The number of hydrogen-bond donors (Lipinski definition) is 1. The van der Waals surface area contributed by atoms with Crippen LogP contribution in [0.3, 0.4) is 0 Å². The minimum absolute atomic E-state index is 0.355. The summed E-state index contributed by atoms with van der Waals surface area (Å²) in [5, 5.41) is 0. The van der Waals surface area contributed by atoms with Gasteiger partial charge in [-0.25, -0.2) is 0 Å². The lowest BCUT2D eigenvalue weighted by Crippen LogP contribution is -2.44. The quantitative estimate of drug-likeness (QED) is 0.104. The van der Waals surface area contributed by atoms with E-state index < -0.39 is 7.60 Å². The van der Waals surface area contributed by atoms with Crippen LogP contribution >= 0.6 is 7.60 Å². The average Bonchev–Trinajstić information content (AvgIpc) is 2.60. The van der Waals surface area contributed by atoms with Gasteiger partial charge in [0.05, 0.1) is 27.7 Å². The standard InChI is InChI=1S/C23H48NO3P/c1-6-8-9-10-11-12-13-14-15-16-17-18-19-20-21-22-27-28(25,26)23(7-2)24(3,4)5/h16-17,23H,6-15,18-22H2,1-5H3/p+1/b17-16-. The van der Waals surface area contributed by atoms with Gasteiger partial charge in [0.15, 0.2) is 5.78 Å². The van der Waals surface area contributed by atoms with Gasteiger partial charge in [-0.3, -0.25) is 4.57 Å². The second-order valence-corrected chi connectivity index (χ2v) is 11.0. The summed E-state index contributed by atoms with van der Waals surface area (Å²) in [7, 11) is 2.28. The largest absolute Gasteiger partial charge is 0.385 e. The highest BCUT2D eigenvalue weighted by molar-refractivity contribution is 7.53. The number of rotatable bonds is 19. The van der Waals surface area contributed by atoms with Crippen LogP contribution in [-0.4, -0.2) is 42.9 Å². The molecule has 28 heavy (non-hydrogen) atoms. The Morgan fingerprint density at radius 3 is 1.75 bits per heavy atom. The molecule has 0 saturated heterocycles. The lowest BCUT2D eigenvalue weighted by molar-refractivity contribution is -0.883. The summed E-state index contributed by atoms with van der Waals surface area (Å²) in [6.45, 7) is 4.59. The first kappa shape index (κ1) is 27.8. The number of allylic oxidation sites excluding steroid dienone is 2. The van der Waals surface area contributed by atoms with E-state index in [1.807, 2.05) is 28.1 Å². The summed E-state index contributed by atoms with van der Waals surface area (Å²) >= 11 is 0. The van der Waals surface area contributed by atoms with Crippen LogP contribution in [0.2, 0.25) is 0 Å². The van der Waals surface area contributed by atoms with Crippen LogP contribution < -0.4 is 0 Å². The maximum atomic E-state index is 12.4. The minimum atomic E-state index is -3.55. The molecule has 1 N–H and O–H groups in total. The molecule has 2 unspecified atom stereocenters. The Labute approximate surface area is 175 Å². The summed E-state index contributed by atoms with van der Waals surface area (Å²) in [5.74, 6) is -0.355. The zero-order chi connectivity index (χ0) is 21.3. The van der Waals surface area contributed by atoms with E-state index in [0.717, 1.165) is 25.7 Å². The van der Waals surface area contributed by atoms with Gasteiger partial charge in [-0.15, -0.1) is 0 Å². The zero-order valence-electron chi connectivity index (χ0n) is 19.5. The fourth-order valence-electron chi connectivity index (χ4n) is 3.67. The lowest BCUT2D eigenvalue weighted by Gasteiger charge is -2.35. The molecule has 0 fully saturated rings. The van der Waals surface area contributed by atoms with Crippen molar-refractivity contribution in [1.82, 2.24) is 0 Å². The molecule has 168 valence electrons. The van der Waals surface area contributed by atoms with Gasteiger partial charge in [0.25, 0.3) is 0 Å². The third kappa shape index (κ3) is 14.8. The molecular weight excluding hydrogens is 369 g/mol. The second kappa shape index (κ2) is 16.6. The molecule has 2 atom stereocenters. The third-order valence-electron chi connectivity index (χ3n) is 5.32. The van der Waals surface area contributed by atoms with Gasteiger partial charge < -0.3 is 13.9 Å². The second-order valence-electron chi connectivity index (χ2n) is 8.99. The van der Waals surface area contributed by atoms with Crippen LogP contribution in [0.4, 0.5) is 0 Å². The van der Waals surface area contributed by atoms with Gasteiger partial charge in [0.1, 0.15) is 0 Å². The Morgan fingerprint density at radius 2 is 1.29 bits per heavy atom. The van der Waals surface area contributed by atoms with Crippen molar-refractivity contribution in [2.24, 2.45) is 0 Å². The van der Waals surface area contributed by atoms with Crippen LogP contribution in [-0.2, 0) is 9.09 Å². The molecule has 0 aliphatic heterocycles. The first-order valence-corrected chi connectivity index (χ1v) is 13.3. The Balaban J connectivity index is 3.59. The fraction of sp³-hybridized carbons (Fsp3) is 0.913. The van der Waals surface area contributed by atoms with E-state index in [2.05, 4.69) is 19.1 Å². The molecule has 0 radical (unpaired) electrons. The molecular formula is C23H49NO3P+. The summed E-state index contributed by atoms with van der Waals surface area (Å²) in [5.41, 5.74) is 0. The average molecular weight is 419 g/mol. The number of nitrogens with zero attached hydrogens (tertiary/aromatic N) is 1. The third-order valence-corrected chi connectivity index (χ3v) is 7.68. The van der Waals surface area contributed by atoms with Crippen LogP contribution in [0.15, 0.2) is 12.2 Å². The zero-order valence-corrected chi connectivity index (χ0v) is 20.4. The van der Waals surface area contributed by atoms with Gasteiger partial charge in [0.2, 0.25) is 0 Å². The van der Waals surface area contributed by atoms with Crippen LogP contribution in [0.1, 0.15) is 104 Å². The molecule has 0 rings (SSSR count). The number of hydrogen-bond acceptors (Lipinski definition) is 2. The summed E-state index contributed by atoms with van der Waals surface area (Å²) in [6.07, 6.45) is 21.6. The van der Waals surface area contributed by atoms with Gasteiger partial charge >= 0.3 is 7.60 Å². The molecule has 0 aliphatic carbocycles. The van der Waals surface area contributed by atoms with E-state index in [1.54, 1.807) is 0 Å². The Morgan fingerprint density at radius 1 is 0.821 bits per heavy atom. The molecule has 0 spiro atoms. The van der Waals surface area contributed by atoms with E-state index in [9.17, 15) is 9.46 Å². The van der Waals surface area contributed by atoms with Crippen molar-refractivity contribution in [1.29, 1.82) is 0 Å². The molecule has 0 aliphatic rings. The lowest BCUT2D eigenvalue weighted by atomic mass is 10.1. The van der Waals surface area contributed by atoms with Crippen molar-refractivity contribution < 1.29 is 18.5 Å². The molecule has 5 heteroatoms. The molecule has 0 bridgehead atoms. The highest BCUT2D eigenvalue weighted by Crippen LogP contribution is 2.51. The topological polar surface area (TPSA) is 46.5 Å². The van der Waals surface area contributed by atoms with E-state index >= 15 is 0 Å². The SMILES string of the molecule is CCCCCCCCCC/C=C\CCCCCOP(=O)(O)C(CC)[N+](C)(C)C. The predicted octanol–water partition coefficient (Wildman–Crippen LogP) is 7.28. The van der Waals surface area contributed by atoms with E-state index in [0.29, 0.717) is 17.5 Å². The molecule has 0 amide bonds. The normalized spacial score (nSPS) is 15.8. The van der Waals surface area contributed by atoms with E-state index in [-0.39, 0.29) is 5.78 Å². The van der Waals surface area contributed by atoms with Gasteiger partial charge in [-0.05, 0) is 32.1 Å². The van der Waals surface area contributed by atoms with Crippen LogP contribution in [0, 0.1) is 0 Å². The van der Waals surface area contributed by atoms with Crippen molar-refractivity contribution in [2.45, 2.75) is 110 Å². The van der Waals surface area contributed by atoms with Crippen LogP contribution in [0.5, 0.6) is 0 Å². The molecule has 0 heterocycles. The number of quaternary nitrogens is 1. The molecule has 0 aromatic heterocycles. The van der Waals surface area contributed by atoms with Gasteiger partial charge in [0, 0.05) is 6.42 Å². The smallest absolute Gasteiger partial charge is 0.320 e. The predicted molar refractivity (Wildman–Crippen MR) is 123 cm³/mol. The highest BCUT2D eigenvalue weighted by Gasteiger charge is 2.41. The van der Waals surface area contributed by atoms with Crippen molar-refractivity contribution >= 4 is 7.60 Å². The monoisotopic (exact) mass is 418 g/mol. The Kier molecular flexibility index (Phi) is 16.5. The first-order chi connectivity index (χ1) is 13.3.